The Hall–Kier alpha value is -1.32. The molecule has 0 amide bonds. The third-order valence-electron chi connectivity index (χ3n) is 3.54. The smallest absolute Gasteiger partial charge is 0.0912 e. The fourth-order valence-electron chi connectivity index (χ4n) is 2.64. The van der Waals surface area contributed by atoms with Crippen molar-refractivity contribution in [2.24, 2.45) is 0 Å². The molecule has 3 nitrogen and oxygen atoms in total. The molecule has 0 aliphatic rings. The molecule has 1 heterocycles. The van der Waals surface area contributed by atoms with Crippen molar-refractivity contribution in [3.8, 4) is 0 Å². The summed E-state index contributed by atoms with van der Waals surface area (Å²) in [6, 6.07) is 5.99. The number of rotatable bonds is 5. The van der Waals surface area contributed by atoms with Gasteiger partial charge in [-0.05, 0) is 45.0 Å². The van der Waals surface area contributed by atoms with E-state index in [1.165, 1.54) is 11.3 Å². The minimum absolute atomic E-state index is 0.718. The standard InChI is InChI=1S/C16H22ClN3/c1-11-12(8-6-10-18-2)16(20(3)4)13-7-5-9-14(17)15(13)19-11/h5,7,9,18H,6,8,10H2,1-4H3. The van der Waals surface area contributed by atoms with Crippen molar-refractivity contribution in [1.82, 2.24) is 10.3 Å². The minimum atomic E-state index is 0.718. The van der Waals surface area contributed by atoms with Gasteiger partial charge in [-0.3, -0.25) is 4.98 Å². The molecule has 0 saturated heterocycles. The molecule has 1 aromatic carbocycles. The van der Waals surface area contributed by atoms with Gasteiger partial charge in [0.15, 0.2) is 0 Å². The molecule has 20 heavy (non-hydrogen) atoms. The van der Waals surface area contributed by atoms with E-state index in [2.05, 4.69) is 37.3 Å². The lowest BCUT2D eigenvalue weighted by Gasteiger charge is -2.22. The van der Waals surface area contributed by atoms with Crippen LogP contribution in [0.25, 0.3) is 10.9 Å². The van der Waals surface area contributed by atoms with Crippen LogP contribution in [0.4, 0.5) is 5.69 Å². The Balaban J connectivity index is 2.61. The maximum absolute atomic E-state index is 6.29. The predicted octanol–water partition coefficient (Wildman–Crippen LogP) is 3.41. The number of nitrogens with one attached hydrogen (secondary N) is 1. The lowest BCUT2D eigenvalue weighted by atomic mass is 10.0. The molecule has 1 N–H and O–H groups in total. The average Bonchev–Trinajstić information content (AvgIpc) is 2.40. The van der Waals surface area contributed by atoms with Crippen LogP contribution in [0.2, 0.25) is 5.02 Å². The number of hydrogen-bond acceptors (Lipinski definition) is 3. The molecule has 0 bridgehead atoms. The molecule has 0 radical (unpaired) electrons. The van der Waals surface area contributed by atoms with Crippen LogP contribution in [0.1, 0.15) is 17.7 Å². The molecule has 0 spiro atoms. The van der Waals surface area contributed by atoms with Gasteiger partial charge < -0.3 is 10.2 Å². The van der Waals surface area contributed by atoms with E-state index < -0.39 is 0 Å². The summed E-state index contributed by atoms with van der Waals surface area (Å²) < 4.78 is 0. The number of para-hydroxylation sites is 1. The van der Waals surface area contributed by atoms with Crippen molar-refractivity contribution >= 4 is 28.2 Å². The van der Waals surface area contributed by atoms with E-state index in [1.807, 2.05) is 19.2 Å². The van der Waals surface area contributed by atoms with Gasteiger partial charge >= 0.3 is 0 Å². The van der Waals surface area contributed by atoms with Crippen LogP contribution in [0.5, 0.6) is 0 Å². The number of benzene rings is 1. The van der Waals surface area contributed by atoms with Gasteiger partial charge in [0.2, 0.25) is 0 Å². The second-order valence-electron chi connectivity index (χ2n) is 5.26. The number of aromatic nitrogens is 1. The average molecular weight is 292 g/mol. The molecular weight excluding hydrogens is 270 g/mol. The van der Waals surface area contributed by atoms with Crippen LogP contribution in [-0.4, -0.2) is 32.7 Å². The van der Waals surface area contributed by atoms with Crippen molar-refractivity contribution < 1.29 is 0 Å². The van der Waals surface area contributed by atoms with Gasteiger partial charge in [-0.15, -0.1) is 0 Å². The van der Waals surface area contributed by atoms with Crippen molar-refractivity contribution in [3.63, 3.8) is 0 Å². The largest absolute Gasteiger partial charge is 0.377 e. The first-order chi connectivity index (χ1) is 9.56. The van der Waals surface area contributed by atoms with Crippen molar-refractivity contribution in [1.29, 1.82) is 0 Å². The summed E-state index contributed by atoms with van der Waals surface area (Å²) in [5.41, 5.74) is 4.53. The zero-order valence-electron chi connectivity index (χ0n) is 12.6. The number of pyridine rings is 1. The highest BCUT2D eigenvalue weighted by Gasteiger charge is 2.15. The van der Waals surface area contributed by atoms with Gasteiger partial charge in [-0.1, -0.05) is 23.7 Å². The Bertz CT molecular complexity index is 608. The Kier molecular flexibility index (Phi) is 4.84. The molecule has 0 unspecified atom stereocenters. The Morgan fingerprint density at radius 2 is 2.05 bits per heavy atom. The van der Waals surface area contributed by atoms with Gasteiger partial charge in [0.1, 0.15) is 0 Å². The zero-order chi connectivity index (χ0) is 14.7. The second kappa shape index (κ2) is 6.42. The van der Waals surface area contributed by atoms with Crippen LogP contribution < -0.4 is 10.2 Å². The SMILES string of the molecule is CNCCCc1c(C)nc2c(Cl)cccc2c1N(C)C. The van der Waals surface area contributed by atoms with E-state index in [4.69, 9.17) is 16.6 Å². The maximum Gasteiger partial charge on any atom is 0.0912 e. The van der Waals surface area contributed by atoms with E-state index in [1.54, 1.807) is 0 Å². The van der Waals surface area contributed by atoms with Crippen molar-refractivity contribution in [2.75, 3.05) is 32.6 Å². The quantitative estimate of drug-likeness (QED) is 0.856. The molecule has 2 aromatic rings. The number of aryl methyl sites for hydroxylation is 1. The van der Waals surface area contributed by atoms with Crippen LogP contribution in [0.15, 0.2) is 18.2 Å². The highest BCUT2D eigenvalue weighted by atomic mass is 35.5. The summed E-state index contributed by atoms with van der Waals surface area (Å²) >= 11 is 6.29. The molecule has 0 aliphatic heterocycles. The van der Waals surface area contributed by atoms with Gasteiger partial charge in [-0.25, -0.2) is 0 Å². The lowest BCUT2D eigenvalue weighted by molar-refractivity contribution is 0.721. The topological polar surface area (TPSA) is 28.2 Å². The number of hydrogen-bond donors (Lipinski definition) is 1. The highest BCUT2D eigenvalue weighted by Crippen LogP contribution is 2.34. The van der Waals surface area contributed by atoms with Crippen molar-refractivity contribution in [2.45, 2.75) is 19.8 Å². The number of nitrogens with zero attached hydrogens (tertiary/aromatic N) is 2. The molecule has 0 fully saturated rings. The van der Waals surface area contributed by atoms with Crippen LogP contribution in [0, 0.1) is 6.92 Å². The van der Waals surface area contributed by atoms with Gasteiger partial charge in [-0.2, -0.15) is 0 Å². The lowest BCUT2D eigenvalue weighted by Crippen LogP contribution is -2.15. The second-order valence-corrected chi connectivity index (χ2v) is 5.67. The molecule has 108 valence electrons. The fourth-order valence-corrected chi connectivity index (χ4v) is 2.86. The van der Waals surface area contributed by atoms with E-state index in [-0.39, 0.29) is 0 Å². The van der Waals surface area contributed by atoms with E-state index in [0.29, 0.717) is 0 Å². The molecule has 0 atom stereocenters. The summed E-state index contributed by atoms with van der Waals surface area (Å²) in [6.45, 7) is 3.09. The molecule has 4 heteroatoms. The van der Waals surface area contributed by atoms with Gasteiger partial charge in [0, 0.05) is 25.2 Å². The first kappa shape index (κ1) is 15.1. The summed E-state index contributed by atoms with van der Waals surface area (Å²) in [6.07, 6.45) is 2.13. The van der Waals surface area contributed by atoms with E-state index in [0.717, 1.165) is 41.0 Å². The number of fused-ring (bicyclic) bond motifs is 1. The zero-order valence-corrected chi connectivity index (χ0v) is 13.4. The summed E-state index contributed by atoms with van der Waals surface area (Å²) in [5, 5.41) is 5.05. The summed E-state index contributed by atoms with van der Waals surface area (Å²) in [4.78, 5) is 6.89. The summed E-state index contributed by atoms with van der Waals surface area (Å²) in [7, 11) is 6.14. The third-order valence-corrected chi connectivity index (χ3v) is 3.85. The molecule has 0 saturated carbocycles. The third kappa shape index (κ3) is 2.89. The number of anilines is 1. The van der Waals surface area contributed by atoms with Crippen LogP contribution >= 0.6 is 11.6 Å². The normalized spacial score (nSPS) is 11.1. The van der Waals surface area contributed by atoms with Crippen LogP contribution in [0.3, 0.4) is 0 Å². The van der Waals surface area contributed by atoms with E-state index in [9.17, 15) is 0 Å². The fraction of sp³-hybridized carbons (Fsp3) is 0.438. The first-order valence-corrected chi connectivity index (χ1v) is 7.33. The Morgan fingerprint density at radius 3 is 2.70 bits per heavy atom. The Labute approximate surface area is 126 Å². The molecule has 0 aliphatic carbocycles. The van der Waals surface area contributed by atoms with Gasteiger partial charge in [0.05, 0.1) is 16.2 Å². The number of halogens is 1. The molecular formula is C16H22ClN3. The van der Waals surface area contributed by atoms with E-state index >= 15 is 0 Å². The van der Waals surface area contributed by atoms with Gasteiger partial charge in [0.25, 0.3) is 0 Å². The highest BCUT2D eigenvalue weighted by molar-refractivity contribution is 6.35. The summed E-state index contributed by atoms with van der Waals surface area (Å²) in [5.74, 6) is 0. The van der Waals surface area contributed by atoms with Crippen molar-refractivity contribution in [3.05, 3.63) is 34.5 Å². The molecule has 2 rings (SSSR count). The van der Waals surface area contributed by atoms with Crippen LogP contribution in [-0.2, 0) is 6.42 Å². The monoisotopic (exact) mass is 291 g/mol. The first-order valence-electron chi connectivity index (χ1n) is 6.96. The maximum atomic E-state index is 6.29. The minimum Gasteiger partial charge on any atom is -0.377 e. The predicted molar refractivity (Wildman–Crippen MR) is 88.1 cm³/mol. The Morgan fingerprint density at radius 1 is 1.30 bits per heavy atom. The molecule has 1 aromatic heterocycles.